The van der Waals surface area contributed by atoms with Gasteiger partial charge in [0.25, 0.3) is 0 Å². The molecule has 0 aromatic heterocycles. The molecule has 0 aliphatic carbocycles. The van der Waals surface area contributed by atoms with Crippen molar-refractivity contribution < 1.29 is 40.6 Å². The number of rotatable bonds is 8. The van der Waals surface area contributed by atoms with Crippen molar-refractivity contribution in [3.05, 3.63) is 53.6 Å². The van der Waals surface area contributed by atoms with Crippen LogP contribution in [0.25, 0.3) is 0 Å². The normalized spacial score (nSPS) is 11.7. The Morgan fingerprint density at radius 2 is 1.70 bits per heavy atom. The predicted octanol–water partition coefficient (Wildman–Crippen LogP) is 4.73. The maximum atomic E-state index is 12.9. The average Bonchev–Trinajstić information content (AvgIpc) is 2.68. The number of halogens is 6. The summed E-state index contributed by atoms with van der Waals surface area (Å²) in [7, 11) is 1.26. The molecule has 0 bridgehead atoms. The summed E-state index contributed by atoms with van der Waals surface area (Å²) < 4.78 is 85.3. The first-order chi connectivity index (χ1) is 14.0. The third-order valence-electron chi connectivity index (χ3n) is 3.83. The van der Waals surface area contributed by atoms with Crippen molar-refractivity contribution in [3.8, 4) is 11.5 Å². The molecule has 0 radical (unpaired) electrons. The summed E-state index contributed by atoms with van der Waals surface area (Å²) in [6, 6.07) is 8.84. The number of para-hydroxylation sites is 1. The van der Waals surface area contributed by atoms with Crippen LogP contribution in [0.1, 0.15) is 17.5 Å². The molecule has 11 heteroatoms. The van der Waals surface area contributed by atoms with Crippen molar-refractivity contribution in [2.75, 3.05) is 19.1 Å². The molecule has 5 nitrogen and oxygen atoms in total. The number of nitrogens with one attached hydrogen (secondary N) is 2. The van der Waals surface area contributed by atoms with E-state index in [0.717, 1.165) is 6.07 Å². The zero-order valence-corrected chi connectivity index (χ0v) is 15.7. The smallest absolute Gasteiger partial charge is 0.422 e. The predicted molar refractivity (Wildman–Crippen MR) is 96.1 cm³/mol. The summed E-state index contributed by atoms with van der Waals surface area (Å²) in [6.45, 7) is -1.48. The number of hydrogen-bond donors (Lipinski definition) is 2. The van der Waals surface area contributed by atoms with Crippen LogP contribution < -0.4 is 20.3 Å². The summed E-state index contributed by atoms with van der Waals surface area (Å²) in [4.78, 5) is 11.9. The number of methoxy groups -OCH3 is 1. The van der Waals surface area contributed by atoms with Crippen molar-refractivity contribution in [2.24, 2.45) is 0 Å². The van der Waals surface area contributed by atoms with Crippen LogP contribution >= 0.6 is 0 Å². The van der Waals surface area contributed by atoms with Crippen LogP contribution in [-0.4, -0.2) is 25.8 Å². The molecule has 2 aromatic carbocycles. The van der Waals surface area contributed by atoms with Gasteiger partial charge in [-0.2, -0.15) is 26.3 Å². The van der Waals surface area contributed by atoms with Crippen LogP contribution in [0.3, 0.4) is 0 Å². The first kappa shape index (κ1) is 23.2. The van der Waals surface area contributed by atoms with E-state index in [9.17, 15) is 31.1 Å². The van der Waals surface area contributed by atoms with Crippen molar-refractivity contribution in [1.29, 1.82) is 0 Å². The van der Waals surface area contributed by atoms with Crippen LogP contribution in [0.15, 0.2) is 42.5 Å². The summed E-state index contributed by atoms with van der Waals surface area (Å²) >= 11 is 0. The van der Waals surface area contributed by atoms with E-state index in [4.69, 9.17) is 4.74 Å². The van der Waals surface area contributed by atoms with Crippen LogP contribution in [0.4, 0.5) is 32.0 Å². The molecule has 0 spiro atoms. The molecule has 2 rings (SSSR count). The molecule has 164 valence electrons. The molecule has 0 unspecified atom stereocenters. The molecule has 0 saturated heterocycles. The van der Waals surface area contributed by atoms with Crippen molar-refractivity contribution >= 4 is 11.6 Å². The Morgan fingerprint density at radius 3 is 2.33 bits per heavy atom. The van der Waals surface area contributed by atoms with Crippen LogP contribution in [0.5, 0.6) is 11.5 Å². The van der Waals surface area contributed by atoms with Gasteiger partial charge < -0.3 is 9.47 Å². The minimum Gasteiger partial charge on any atom is -0.493 e. The fraction of sp³-hybridized carbons (Fsp3) is 0.316. The van der Waals surface area contributed by atoms with E-state index < -0.39 is 30.4 Å². The zero-order valence-electron chi connectivity index (χ0n) is 15.7. The lowest BCUT2D eigenvalue weighted by atomic mass is 10.1. The number of alkyl halides is 6. The van der Waals surface area contributed by atoms with Gasteiger partial charge in [0.2, 0.25) is 5.91 Å². The van der Waals surface area contributed by atoms with Gasteiger partial charge >= 0.3 is 12.4 Å². The molecular weight excluding hydrogens is 418 g/mol. The number of carbonyl (C=O) groups excluding carboxylic acids is 1. The lowest BCUT2D eigenvalue weighted by molar-refractivity contribution is -0.153. The Kier molecular flexibility index (Phi) is 7.41. The largest absolute Gasteiger partial charge is 0.493 e. The molecule has 30 heavy (non-hydrogen) atoms. The van der Waals surface area contributed by atoms with Gasteiger partial charge in [0, 0.05) is 6.42 Å². The van der Waals surface area contributed by atoms with Crippen molar-refractivity contribution in [1.82, 2.24) is 5.43 Å². The quantitative estimate of drug-likeness (QED) is 0.464. The van der Waals surface area contributed by atoms with Gasteiger partial charge in [-0.3, -0.25) is 15.6 Å². The minimum atomic E-state index is -4.58. The first-order valence-electron chi connectivity index (χ1n) is 8.57. The molecule has 2 aromatic rings. The summed E-state index contributed by atoms with van der Waals surface area (Å²) in [5.41, 5.74) is 3.78. The van der Waals surface area contributed by atoms with Gasteiger partial charge in [-0.05, 0) is 36.2 Å². The number of carbonyl (C=O) groups is 1. The van der Waals surface area contributed by atoms with Crippen LogP contribution in [-0.2, 0) is 17.4 Å². The van der Waals surface area contributed by atoms with Gasteiger partial charge in [-0.1, -0.05) is 18.2 Å². The summed E-state index contributed by atoms with van der Waals surface area (Å²) in [6.07, 6.45) is -9.00. The Morgan fingerprint density at radius 1 is 1.00 bits per heavy atom. The van der Waals surface area contributed by atoms with Gasteiger partial charge in [0.1, 0.15) is 0 Å². The molecule has 0 atom stereocenters. The molecule has 0 aliphatic heterocycles. The second-order valence-electron chi connectivity index (χ2n) is 6.11. The van der Waals surface area contributed by atoms with E-state index in [2.05, 4.69) is 15.6 Å². The topological polar surface area (TPSA) is 59.6 Å². The molecule has 0 aliphatic rings. The SMILES string of the molecule is COc1cc(CCC(=O)NNc2ccccc2C(F)(F)F)ccc1OCC(F)(F)F. The minimum absolute atomic E-state index is 0.0642. The molecule has 0 saturated carbocycles. The van der Waals surface area contributed by atoms with Crippen LogP contribution in [0.2, 0.25) is 0 Å². The Bertz CT molecular complexity index is 868. The van der Waals surface area contributed by atoms with Gasteiger partial charge in [-0.25, -0.2) is 0 Å². The van der Waals surface area contributed by atoms with Gasteiger partial charge in [0.15, 0.2) is 18.1 Å². The molecule has 0 fully saturated rings. The van der Waals surface area contributed by atoms with Gasteiger partial charge in [-0.15, -0.1) is 0 Å². The zero-order chi connectivity index (χ0) is 22.4. The lowest BCUT2D eigenvalue weighted by Gasteiger charge is -2.15. The Labute approximate surface area is 167 Å². The Balaban J connectivity index is 1.92. The van der Waals surface area contributed by atoms with E-state index in [1.54, 1.807) is 0 Å². The molecule has 1 amide bonds. The number of hydrogen-bond acceptors (Lipinski definition) is 4. The molecule has 0 heterocycles. The van der Waals surface area contributed by atoms with Crippen molar-refractivity contribution in [3.63, 3.8) is 0 Å². The van der Waals surface area contributed by atoms with E-state index in [1.165, 1.54) is 43.5 Å². The highest BCUT2D eigenvalue weighted by molar-refractivity contribution is 5.78. The maximum absolute atomic E-state index is 12.9. The number of ether oxygens (including phenoxy) is 2. The highest BCUT2D eigenvalue weighted by atomic mass is 19.4. The first-order valence-corrected chi connectivity index (χ1v) is 8.57. The number of amides is 1. The number of hydrazine groups is 1. The third kappa shape index (κ3) is 7.05. The highest BCUT2D eigenvalue weighted by Gasteiger charge is 2.33. The molecular formula is C19H18F6N2O3. The molecule has 2 N–H and O–H groups in total. The third-order valence-corrected chi connectivity index (χ3v) is 3.83. The summed E-state index contributed by atoms with van der Waals surface area (Å²) in [5, 5.41) is 0. The second kappa shape index (κ2) is 9.59. The van der Waals surface area contributed by atoms with E-state index in [-0.39, 0.29) is 30.0 Å². The lowest BCUT2D eigenvalue weighted by Crippen LogP contribution is -2.30. The fourth-order valence-electron chi connectivity index (χ4n) is 2.44. The number of aryl methyl sites for hydroxylation is 1. The number of anilines is 1. The van der Waals surface area contributed by atoms with E-state index >= 15 is 0 Å². The number of benzene rings is 2. The second-order valence-corrected chi connectivity index (χ2v) is 6.11. The fourth-order valence-corrected chi connectivity index (χ4v) is 2.44. The monoisotopic (exact) mass is 436 g/mol. The summed E-state index contributed by atoms with van der Waals surface area (Å²) in [5.74, 6) is -0.619. The average molecular weight is 436 g/mol. The van der Waals surface area contributed by atoms with E-state index in [0.29, 0.717) is 5.56 Å². The van der Waals surface area contributed by atoms with E-state index in [1.807, 2.05) is 0 Å². The van der Waals surface area contributed by atoms with Crippen molar-refractivity contribution in [2.45, 2.75) is 25.2 Å². The maximum Gasteiger partial charge on any atom is 0.422 e. The van der Waals surface area contributed by atoms with Crippen LogP contribution in [0, 0.1) is 0 Å². The van der Waals surface area contributed by atoms with Gasteiger partial charge in [0.05, 0.1) is 18.4 Å². The highest BCUT2D eigenvalue weighted by Crippen LogP contribution is 2.34. The standard InChI is InChI=1S/C19H18F6N2O3/c1-29-16-10-12(6-8-15(16)30-11-18(20,21)22)7-9-17(28)27-26-14-5-3-2-4-13(14)19(23,24)25/h2-6,8,10,26H,7,9,11H2,1H3,(H,27,28). The Hall–Kier alpha value is -3.11.